The molecule has 4 nitrogen and oxygen atoms in total. The van der Waals surface area contributed by atoms with Crippen molar-refractivity contribution in [3.63, 3.8) is 0 Å². The molecule has 0 fully saturated rings. The van der Waals surface area contributed by atoms with Crippen molar-refractivity contribution in [2.75, 3.05) is 19.0 Å². The number of phenolic OH excluding ortho intramolecular Hbond substituents is 1. The van der Waals surface area contributed by atoms with Gasteiger partial charge in [0.25, 0.3) is 5.91 Å². The molecule has 0 bridgehead atoms. The van der Waals surface area contributed by atoms with E-state index in [1.807, 2.05) is 0 Å². The van der Waals surface area contributed by atoms with Crippen LogP contribution < -0.4 is 10.1 Å². The molecule has 0 radical (unpaired) electrons. The van der Waals surface area contributed by atoms with Gasteiger partial charge in [-0.25, -0.2) is 0 Å². The molecule has 0 spiro atoms. The Morgan fingerprint density at radius 1 is 1.32 bits per heavy atom. The van der Waals surface area contributed by atoms with Crippen LogP contribution in [0.1, 0.15) is 36.0 Å². The summed E-state index contributed by atoms with van der Waals surface area (Å²) >= 11 is 3.38. The predicted octanol–water partition coefficient (Wildman–Crippen LogP) is 3.09. The molecule has 0 aliphatic heterocycles. The molecule has 0 aliphatic carbocycles. The first-order valence-electron chi connectivity index (χ1n) is 6.40. The van der Waals surface area contributed by atoms with Gasteiger partial charge < -0.3 is 15.2 Å². The second-order valence-electron chi connectivity index (χ2n) is 4.22. The van der Waals surface area contributed by atoms with Crippen LogP contribution in [-0.4, -0.2) is 30.0 Å². The van der Waals surface area contributed by atoms with E-state index in [2.05, 4.69) is 21.2 Å². The second-order valence-corrected chi connectivity index (χ2v) is 5.01. The Bertz CT molecular complexity index is 410. The number of hydrogen-bond donors (Lipinski definition) is 2. The molecular weight excluding hydrogens is 310 g/mol. The number of para-hydroxylation sites is 1. The third-order valence-corrected chi connectivity index (χ3v) is 3.37. The molecule has 2 N–H and O–H groups in total. The lowest BCUT2D eigenvalue weighted by Gasteiger charge is -2.09. The van der Waals surface area contributed by atoms with Crippen LogP contribution in [0.3, 0.4) is 0 Å². The molecule has 0 aromatic heterocycles. The van der Waals surface area contributed by atoms with Crippen molar-refractivity contribution >= 4 is 21.8 Å². The van der Waals surface area contributed by atoms with Crippen LogP contribution in [0.4, 0.5) is 0 Å². The van der Waals surface area contributed by atoms with Crippen LogP contribution in [0.25, 0.3) is 0 Å². The molecule has 19 heavy (non-hydrogen) atoms. The van der Waals surface area contributed by atoms with Gasteiger partial charge in [0, 0.05) is 11.9 Å². The quantitative estimate of drug-likeness (QED) is 0.569. The van der Waals surface area contributed by atoms with E-state index in [9.17, 15) is 9.90 Å². The van der Waals surface area contributed by atoms with Crippen LogP contribution in [0, 0.1) is 0 Å². The zero-order valence-electron chi connectivity index (χ0n) is 11.1. The third-order valence-electron chi connectivity index (χ3n) is 2.81. The number of nitrogens with one attached hydrogen (secondary N) is 1. The molecule has 5 heteroatoms. The first-order valence-corrected chi connectivity index (χ1v) is 7.53. The average Bonchev–Trinajstić information content (AvgIpc) is 2.42. The highest BCUT2D eigenvalue weighted by molar-refractivity contribution is 9.09. The van der Waals surface area contributed by atoms with E-state index in [4.69, 9.17) is 4.74 Å². The molecular formula is C14H20BrNO3. The van der Waals surface area contributed by atoms with E-state index in [1.165, 1.54) is 7.11 Å². The number of rotatable bonds is 8. The second kappa shape index (κ2) is 8.80. The van der Waals surface area contributed by atoms with Gasteiger partial charge in [-0.05, 0) is 25.0 Å². The fourth-order valence-corrected chi connectivity index (χ4v) is 2.14. The Kier molecular flexibility index (Phi) is 7.33. The van der Waals surface area contributed by atoms with Crippen LogP contribution in [0.2, 0.25) is 0 Å². The Morgan fingerprint density at radius 3 is 2.74 bits per heavy atom. The summed E-state index contributed by atoms with van der Waals surface area (Å²) in [5, 5.41) is 13.7. The van der Waals surface area contributed by atoms with Crippen LogP contribution in [-0.2, 0) is 0 Å². The maximum Gasteiger partial charge on any atom is 0.255 e. The highest BCUT2D eigenvalue weighted by atomic mass is 79.9. The minimum absolute atomic E-state index is 0.109. The zero-order chi connectivity index (χ0) is 14.1. The minimum atomic E-state index is -0.267. The first-order chi connectivity index (χ1) is 9.20. The van der Waals surface area contributed by atoms with E-state index in [0.717, 1.165) is 31.0 Å². The molecule has 0 aliphatic rings. The van der Waals surface area contributed by atoms with Crippen LogP contribution in [0.15, 0.2) is 18.2 Å². The standard InChI is InChI=1S/C14H20BrNO3/c1-19-12-8-6-7-11(13(12)17)14(18)16-10-5-3-2-4-9-15/h6-8,17H,2-5,9-10H2,1H3,(H,16,18). The summed E-state index contributed by atoms with van der Waals surface area (Å²) in [6, 6.07) is 4.88. The molecule has 0 saturated heterocycles. The number of aromatic hydroxyl groups is 1. The molecule has 0 saturated carbocycles. The number of alkyl halides is 1. The fraction of sp³-hybridized carbons (Fsp3) is 0.500. The Balaban J connectivity index is 2.41. The van der Waals surface area contributed by atoms with E-state index < -0.39 is 0 Å². The summed E-state index contributed by atoms with van der Waals surface area (Å²) in [4.78, 5) is 11.9. The number of unbranched alkanes of at least 4 members (excludes halogenated alkanes) is 3. The summed E-state index contributed by atoms with van der Waals surface area (Å²) in [6.45, 7) is 0.623. The molecule has 1 aromatic rings. The number of carbonyl (C=O) groups is 1. The van der Waals surface area contributed by atoms with Crippen molar-refractivity contribution in [3.05, 3.63) is 23.8 Å². The number of halogens is 1. The fourth-order valence-electron chi connectivity index (χ4n) is 1.74. The SMILES string of the molecule is COc1cccc(C(=O)NCCCCCCBr)c1O. The molecule has 1 aromatic carbocycles. The molecule has 0 unspecified atom stereocenters. The highest BCUT2D eigenvalue weighted by Crippen LogP contribution is 2.29. The monoisotopic (exact) mass is 329 g/mol. The van der Waals surface area contributed by atoms with Crippen molar-refractivity contribution < 1.29 is 14.6 Å². The third kappa shape index (κ3) is 5.11. The normalized spacial score (nSPS) is 10.2. The number of ether oxygens (including phenoxy) is 1. The maximum atomic E-state index is 11.9. The average molecular weight is 330 g/mol. The number of hydrogen-bond acceptors (Lipinski definition) is 3. The van der Waals surface area contributed by atoms with Crippen molar-refractivity contribution in [1.82, 2.24) is 5.32 Å². The summed E-state index contributed by atoms with van der Waals surface area (Å²) < 4.78 is 4.97. The van der Waals surface area contributed by atoms with Crippen LogP contribution >= 0.6 is 15.9 Å². The van der Waals surface area contributed by atoms with E-state index in [-0.39, 0.29) is 17.2 Å². The van der Waals surface area contributed by atoms with Crippen molar-refractivity contribution in [2.24, 2.45) is 0 Å². The van der Waals surface area contributed by atoms with Gasteiger partial charge in [0.05, 0.1) is 12.7 Å². The van der Waals surface area contributed by atoms with Gasteiger partial charge in [0.15, 0.2) is 11.5 Å². The number of carbonyl (C=O) groups excluding carboxylic acids is 1. The largest absolute Gasteiger partial charge is 0.504 e. The van der Waals surface area contributed by atoms with E-state index in [1.54, 1.807) is 18.2 Å². The number of phenols is 1. The smallest absolute Gasteiger partial charge is 0.255 e. The molecule has 106 valence electrons. The number of benzene rings is 1. The minimum Gasteiger partial charge on any atom is -0.504 e. The molecule has 0 atom stereocenters. The van der Waals surface area contributed by atoms with E-state index in [0.29, 0.717) is 12.3 Å². The molecule has 1 amide bonds. The van der Waals surface area contributed by atoms with Crippen molar-refractivity contribution in [1.29, 1.82) is 0 Å². The van der Waals surface area contributed by atoms with Gasteiger partial charge in [-0.2, -0.15) is 0 Å². The summed E-state index contributed by atoms with van der Waals surface area (Å²) in [5.41, 5.74) is 0.250. The van der Waals surface area contributed by atoms with Gasteiger partial charge in [0.2, 0.25) is 0 Å². The summed E-state index contributed by atoms with van der Waals surface area (Å²) in [6.07, 6.45) is 4.36. The van der Waals surface area contributed by atoms with Gasteiger partial charge in [-0.15, -0.1) is 0 Å². The highest BCUT2D eigenvalue weighted by Gasteiger charge is 2.13. The number of amides is 1. The maximum absolute atomic E-state index is 11.9. The van der Waals surface area contributed by atoms with Gasteiger partial charge in [-0.3, -0.25) is 4.79 Å². The van der Waals surface area contributed by atoms with Gasteiger partial charge >= 0.3 is 0 Å². The zero-order valence-corrected chi connectivity index (χ0v) is 12.7. The molecule has 0 heterocycles. The Labute approximate surface area is 122 Å². The Morgan fingerprint density at radius 2 is 2.05 bits per heavy atom. The summed E-state index contributed by atoms with van der Waals surface area (Å²) in [5.74, 6) is -0.0661. The van der Waals surface area contributed by atoms with Crippen LogP contribution in [0.5, 0.6) is 11.5 Å². The molecule has 1 rings (SSSR count). The van der Waals surface area contributed by atoms with Crippen molar-refractivity contribution in [2.45, 2.75) is 25.7 Å². The lowest BCUT2D eigenvalue weighted by Crippen LogP contribution is -2.24. The van der Waals surface area contributed by atoms with E-state index >= 15 is 0 Å². The van der Waals surface area contributed by atoms with Crippen molar-refractivity contribution in [3.8, 4) is 11.5 Å². The first kappa shape index (κ1) is 15.8. The Hall–Kier alpha value is -1.23. The summed E-state index contributed by atoms with van der Waals surface area (Å²) in [7, 11) is 1.46. The lowest BCUT2D eigenvalue weighted by molar-refractivity contribution is 0.0949. The van der Waals surface area contributed by atoms with Gasteiger partial charge in [0.1, 0.15) is 0 Å². The lowest BCUT2D eigenvalue weighted by atomic mass is 10.1. The van der Waals surface area contributed by atoms with Gasteiger partial charge in [-0.1, -0.05) is 34.8 Å². The predicted molar refractivity (Wildman–Crippen MR) is 79.3 cm³/mol. The topological polar surface area (TPSA) is 58.6 Å². The number of methoxy groups -OCH3 is 1.